The molecule has 0 aliphatic rings. The first-order valence-electron chi connectivity index (χ1n) is 5.33. The van der Waals surface area contributed by atoms with E-state index in [1.165, 1.54) is 0 Å². The lowest BCUT2D eigenvalue weighted by Crippen LogP contribution is -2.43. The van der Waals surface area contributed by atoms with Gasteiger partial charge in [-0.15, -0.1) is 0 Å². The Kier molecular flexibility index (Phi) is 6.24. The van der Waals surface area contributed by atoms with E-state index in [0.717, 1.165) is 6.26 Å². The van der Waals surface area contributed by atoms with E-state index in [0.29, 0.717) is 0 Å². The van der Waals surface area contributed by atoms with Gasteiger partial charge in [-0.2, -0.15) is 0 Å². The quantitative estimate of drug-likeness (QED) is 0.621. The highest BCUT2D eigenvalue weighted by molar-refractivity contribution is 7.93. The first kappa shape index (κ1) is 17.3. The molecule has 18 heavy (non-hydrogen) atoms. The van der Waals surface area contributed by atoms with Crippen LogP contribution in [0.2, 0.25) is 0 Å². The SMILES string of the molecule is CC(C)C[C@H](NS(=O)(=O)CCS(C)(=O)=O)C(=O)O. The summed E-state index contributed by atoms with van der Waals surface area (Å²) in [6, 6.07) is -1.23. The van der Waals surface area contributed by atoms with Crippen LogP contribution in [0.25, 0.3) is 0 Å². The second-order valence-corrected chi connectivity index (χ2v) is 8.72. The average molecular weight is 301 g/mol. The number of nitrogens with one attached hydrogen (secondary N) is 1. The molecule has 0 spiro atoms. The molecule has 0 fully saturated rings. The van der Waals surface area contributed by atoms with Gasteiger partial charge in [-0.3, -0.25) is 4.79 Å². The van der Waals surface area contributed by atoms with Crippen molar-refractivity contribution in [2.75, 3.05) is 17.8 Å². The zero-order valence-corrected chi connectivity index (χ0v) is 12.2. The monoisotopic (exact) mass is 301 g/mol. The maximum absolute atomic E-state index is 11.5. The van der Waals surface area contributed by atoms with Crippen LogP contribution in [0.3, 0.4) is 0 Å². The van der Waals surface area contributed by atoms with Gasteiger partial charge in [0.15, 0.2) is 0 Å². The minimum atomic E-state index is -3.91. The van der Waals surface area contributed by atoms with Crippen molar-refractivity contribution >= 4 is 25.8 Å². The third-order valence-electron chi connectivity index (χ3n) is 2.05. The molecule has 1 atom stereocenters. The molecule has 0 unspecified atom stereocenters. The largest absolute Gasteiger partial charge is 0.480 e. The van der Waals surface area contributed by atoms with Crippen LogP contribution in [-0.2, 0) is 24.7 Å². The van der Waals surface area contributed by atoms with Crippen molar-refractivity contribution in [2.45, 2.75) is 26.3 Å². The molecule has 0 saturated heterocycles. The van der Waals surface area contributed by atoms with E-state index < -0.39 is 43.4 Å². The summed E-state index contributed by atoms with van der Waals surface area (Å²) < 4.78 is 46.8. The topological polar surface area (TPSA) is 118 Å². The van der Waals surface area contributed by atoms with Gasteiger partial charge in [0.25, 0.3) is 0 Å². The molecule has 0 bridgehead atoms. The Labute approximate surface area is 108 Å². The van der Waals surface area contributed by atoms with Gasteiger partial charge in [0.1, 0.15) is 15.9 Å². The summed E-state index contributed by atoms with van der Waals surface area (Å²) in [6.45, 7) is 3.53. The van der Waals surface area contributed by atoms with E-state index in [1.807, 2.05) is 4.72 Å². The molecule has 108 valence electrons. The maximum Gasteiger partial charge on any atom is 0.321 e. The summed E-state index contributed by atoms with van der Waals surface area (Å²) in [7, 11) is -7.32. The van der Waals surface area contributed by atoms with Gasteiger partial charge in [-0.25, -0.2) is 21.6 Å². The molecule has 0 aromatic rings. The number of hydrogen-bond donors (Lipinski definition) is 2. The first-order chi connectivity index (χ1) is 7.93. The Balaban J connectivity index is 4.67. The van der Waals surface area contributed by atoms with Crippen LogP contribution in [-0.4, -0.2) is 51.7 Å². The fraction of sp³-hybridized carbons (Fsp3) is 0.889. The first-order valence-corrected chi connectivity index (χ1v) is 9.05. The lowest BCUT2D eigenvalue weighted by Gasteiger charge is -2.16. The average Bonchev–Trinajstić information content (AvgIpc) is 2.11. The number of sulfone groups is 1. The van der Waals surface area contributed by atoms with Crippen LogP contribution in [0.15, 0.2) is 0 Å². The molecule has 0 aromatic heterocycles. The number of carboxylic acids is 1. The Hall–Kier alpha value is -0.670. The Bertz CT molecular complexity index is 479. The normalized spacial score (nSPS) is 14.7. The predicted octanol–water partition coefficient (Wildman–Crippen LogP) is -0.550. The van der Waals surface area contributed by atoms with Crippen LogP contribution in [0.4, 0.5) is 0 Å². The van der Waals surface area contributed by atoms with E-state index in [-0.39, 0.29) is 12.3 Å². The predicted molar refractivity (Wildman–Crippen MR) is 67.5 cm³/mol. The van der Waals surface area contributed by atoms with Crippen molar-refractivity contribution < 1.29 is 26.7 Å². The van der Waals surface area contributed by atoms with Crippen molar-refractivity contribution in [1.82, 2.24) is 4.72 Å². The standard InChI is InChI=1S/C9H19NO6S2/c1-7(2)6-8(9(11)12)10-18(15,16)5-4-17(3,13)14/h7-8,10H,4-6H2,1-3H3,(H,11,12)/t8-/m0/s1. The Morgan fingerprint density at radius 2 is 1.67 bits per heavy atom. The molecular weight excluding hydrogens is 282 g/mol. The van der Waals surface area contributed by atoms with E-state index in [4.69, 9.17) is 5.11 Å². The number of rotatable bonds is 8. The van der Waals surface area contributed by atoms with Gasteiger partial charge in [0, 0.05) is 6.26 Å². The van der Waals surface area contributed by atoms with Gasteiger partial charge >= 0.3 is 5.97 Å². The minimum absolute atomic E-state index is 0.00343. The van der Waals surface area contributed by atoms with E-state index >= 15 is 0 Å². The van der Waals surface area contributed by atoms with Crippen molar-refractivity contribution in [3.05, 3.63) is 0 Å². The highest BCUT2D eigenvalue weighted by atomic mass is 32.2. The van der Waals surface area contributed by atoms with E-state index in [2.05, 4.69) is 0 Å². The van der Waals surface area contributed by atoms with E-state index in [1.54, 1.807) is 13.8 Å². The maximum atomic E-state index is 11.5. The van der Waals surface area contributed by atoms with Crippen LogP contribution in [0, 0.1) is 5.92 Å². The third-order valence-corrected chi connectivity index (χ3v) is 4.64. The van der Waals surface area contributed by atoms with Gasteiger partial charge in [0.2, 0.25) is 10.0 Å². The van der Waals surface area contributed by atoms with Crippen LogP contribution >= 0.6 is 0 Å². The molecular formula is C9H19NO6S2. The second-order valence-electron chi connectivity index (χ2n) is 4.59. The van der Waals surface area contributed by atoms with Crippen LogP contribution < -0.4 is 4.72 Å². The van der Waals surface area contributed by atoms with Crippen molar-refractivity contribution in [2.24, 2.45) is 5.92 Å². The zero-order valence-electron chi connectivity index (χ0n) is 10.6. The number of hydrogen-bond acceptors (Lipinski definition) is 5. The highest BCUT2D eigenvalue weighted by Crippen LogP contribution is 2.06. The fourth-order valence-corrected chi connectivity index (χ4v) is 4.04. The summed E-state index contributed by atoms with van der Waals surface area (Å²) in [4.78, 5) is 10.9. The molecule has 0 aliphatic heterocycles. The highest BCUT2D eigenvalue weighted by Gasteiger charge is 2.25. The van der Waals surface area contributed by atoms with Crippen LogP contribution in [0.1, 0.15) is 20.3 Å². The molecule has 7 nitrogen and oxygen atoms in total. The zero-order chi connectivity index (χ0) is 14.6. The molecule has 0 amide bonds. The van der Waals surface area contributed by atoms with Gasteiger partial charge in [-0.1, -0.05) is 13.8 Å². The van der Waals surface area contributed by atoms with Gasteiger partial charge in [-0.05, 0) is 12.3 Å². The fourth-order valence-electron chi connectivity index (χ4n) is 1.21. The summed E-state index contributed by atoms with van der Waals surface area (Å²) in [5.74, 6) is -2.43. The third kappa shape index (κ3) is 8.43. The molecule has 0 heterocycles. The molecule has 0 rings (SSSR count). The summed E-state index contributed by atoms with van der Waals surface area (Å²) in [5.41, 5.74) is 0. The molecule has 0 aromatic carbocycles. The Morgan fingerprint density at radius 3 is 2.00 bits per heavy atom. The minimum Gasteiger partial charge on any atom is -0.480 e. The smallest absolute Gasteiger partial charge is 0.321 e. The van der Waals surface area contributed by atoms with Crippen molar-refractivity contribution in [3.63, 3.8) is 0 Å². The number of carboxylic acid groups (broad SMARTS) is 1. The van der Waals surface area contributed by atoms with Gasteiger partial charge in [0.05, 0.1) is 11.5 Å². The molecule has 2 N–H and O–H groups in total. The lowest BCUT2D eigenvalue weighted by molar-refractivity contribution is -0.139. The lowest BCUT2D eigenvalue weighted by atomic mass is 10.1. The molecule has 9 heteroatoms. The van der Waals surface area contributed by atoms with E-state index in [9.17, 15) is 21.6 Å². The molecule has 0 aliphatic carbocycles. The molecule has 0 saturated carbocycles. The van der Waals surface area contributed by atoms with Gasteiger partial charge < -0.3 is 5.11 Å². The summed E-state index contributed by atoms with van der Waals surface area (Å²) in [6.07, 6.45) is 1.07. The van der Waals surface area contributed by atoms with Crippen molar-refractivity contribution in [1.29, 1.82) is 0 Å². The number of sulfonamides is 1. The summed E-state index contributed by atoms with van der Waals surface area (Å²) in [5, 5.41) is 8.87. The number of aliphatic carboxylic acids is 1. The number of carbonyl (C=O) groups is 1. The van der Waals surface area contributed by atoms with Crippen LogP contribution in [0.5, 0.6) is 0 Å². The molecule has 0 radical (unpaired) electrons. The summed E-state index contributed by atoms with van der Waals surface area (Å²) >= 11 is 0. The second kappa shape index (κ2) is 6.48. The Morgan fingerprint density at radius 1 is 1.17 bits per heavy atom. The van der Waals surface area contributed by atoms with Crippen molar-refractivity contribution in [3.8, 4) is 0 Å².